The molecule has 1 aliphatic heterocycles. The number of piperidine rings is 1. The van der Waals surface area contributed by atoms with Crippen molar-refractivity contribution in [3.63, 3.8) is 0 Å². The molecule has 16 heavy (non-hydrogen) atoms. The molecular weight excluding hydrogens is 330 g/mol. The molecular formula is C13H15Br2N. The van der Waals surface area contributed by atoms with Gasteiger partial charge in [0.2, 0.25) is 0 Å². The SMILES string of the molecule is BrCc1ccc(N2CC3CCC2C3)c(Br)c1. The van der Waals surface area contributed by atoms with Gasteiger partial charge in [0.25, 0.3) is 0 Å². The predicted molar refractivity (Wildman–Crippen MR) is 75.2 cm³/mol. The maximum atomic E-state index is 3.71. The molecule has 3 rings (SSSR count). The third-order valence-corrected chi connectivity index (χ3v) is 5.17. The van der Waals surface area contributed by atoms with Crippen molar-refractivity contribution in [2.24, 2.45) is 5.92 Å². The summed E-state index contributed by atoms with van der Waals surface area (Å²) in [4.78, 5) is 2.59. The quantitative estimate of drug-likeness (QED) is 0.721. The van der Waals surface area contributed by atoms with Crippen molar-refractivity contribution in [3.8, 4) is 0 Å². The van der Waals surface area contributed by atoms with Gasteiger partial charge in [0.15, 0.2) is 0 Å². The van der Waals surface area contributed by atoms with Gasteiger partial charge >= 0.3 is 0 Å². The molecule has 1 saturated carbocycles. The Labute approximate surface area is 113 Å². The summed E-state index contributed by atoms with van der Waals surface area (Å²) >= 11 is 7.20. The molecule has 86 valence electrons. The minimum atomic E-state index is 0.802. The number of hydrogen-bond acceptors (Lipinski definition) is 1. The molecule has 2 unspecified atom stereocenters. The number of halogens is 2. The predicted octanol–water partition coefficient (Wildman–Crippen LogP) is 4.33. The van der Waals surface area contributed by atoms with E-state index in [2.05, 4.69) is 55.0 Å². The van der Waals surface area contributed by atoms with E-state index in [0.717, 1.165) is 17.3 Å². The average Bonchev–Trinajstić information content (AvgIpc) is 2.90. The smallest absolute Gasteiger partial charge is 0.0513 e. The van der Waals surface area contributed by atoms with Crippen LogP contribution in [-0.4, -0.2) is 12.6 Å². The molecule has 1 saturated heterocycles. The lowest BCUT2D eigenvalue weighted by Gasteiger charge is -2.30. The molecule has 1 nitrogen and oxygen atoms in total. The lowest BCUT2D eigenvalue weighted by molar-refractivity contribution is 0.553. The summed E-state index contributed by atoms with van der Waals surface area (Å²) in [6.07, 6.45) is 4.24. The summed E-state index contributed by atoms with van der Waals surface area (Å²) in [6, 6.07) is 7.52. The zero-order chi connectivity index (χ0) is 11.1. The second-order valence-electron chi connectivity index (χ2n) is 4.90. The van der Waals surface area contributed by atoms with Crippen LogP contribution in [0.1, 0.15) is 24.8 Å². The van der Waals surface area contributed by atoms with Gasteiger partial charge in [-0.1, -0.05) is 22.0 Å². The van der Waals surface area contributed by atoms with Crippen LogP contribution in [0.4, 0.5) is 5.69 Å². The summed E-state index contributed by atoms with van der Waals surface area (Å²) in [5.74, 6) is 0.952. The molecule has 0 amide bonds. The summed E-state index contributed by atoms with van der Waals surface area (Å²) in [5, 5.41) is 0.929. The molecule has 1 aliphatic carbocycles. The van der Waals surface area contributed by atoms with E-state index < -0.39 is 0 Å². The number of rotatable bonds is 2. The maximum absolute atomic E-state index is 3.71. The minimum absolute atomic E-state index is 0.802. The highest BCUT2D eigenvalue weighted by molar-refractivity contribution is 9.10. The molecule has 3 heteroatoms. The monoisotopic (exact) mass is 343 g/mol. The van der Waals surface area contributed by atoms with Crippen molar-refractivity contribution < 1.29 is 0 Å². The molecule has 1 heterocycles. The average molecular weight is 345 g/mol. The number of alkyl halides is 1. The van der Waals surface area contributed by atoms with Crippen molar-refractivity contribution in [3.05, 3.63) is 28.2 Å². The Hall–Kier alpha value is -0.0200. The van der Waals surface area contributed by atoms with Crippen LogP contribution in [0.25, 0.3) is 0 Å². The van der Waals surface area contributed by atoms with Gasteiger partial charge in [-0.15, -0.1) is 0 Å². The lowest BCUT2D eigenvalue weighted by atomic mass is 10.1. The van der Waals surface area contributed by atoms with E-state index in [1.54, 1.807) is 0 Å². The van der Waals surface area contributed by atoms with Crippen LogP contribution in [-0.2, 0) is 5.33 Å². The third-order valence-electron chi connectivity index (χ3n) is 3.89. The fraction of sp³-hybridized carbons (Fsp3) is 0.538. The van der Waals surface area contributed by atoms with E-state index in [4.69, 9.17) is 0 Å². The molecule has 0 aromatic heterocycles. The van der Waals surface area contributed by atoms with Crippen molar-refractivity contribution in [1.29, 1.82) is 0 Å². The van der Waals surface area contributed by atoms with Crippen LogP contribution >= 0.6 is 31.9 Å². The first-order valence-corrected chi connectivity index (χ1v) is 7.80. The Morgan fingerprint density at radius 3 is 2.75 bits per heavy atom. The first-order chi connectivity index (χ1) is 7.78. The van der Waals surface area contributed by atoms with Gasteiger partial charge < -0.3 is 4.90 Å². The standard InChI is InChI=1S/C13H15Br2N/c14-7-9-2-4-13(12(15)6-9)16-8-10-1-3-11(16)5-10/h2,4,6,10-11H,1,3,5,7-8H2. The molecule has 2 aliphatic rings. The molecule has 2 fully saturated rings. The van der Waals surface area contributed by atoms with E-state index >= 15 is 0 Å². The topological polar surface area (TPSA) is 3.24 Å². The van der Waals surface area contributed by atoms with Gasteiger partial charge in [-0.2, -0.15) is 0 Å². The number of nitrogens with zero attached hydrogens (tertiary/aromatic N) is 1. The van der Waals surface area contributed by atoms with Crippen molar-refractivity contribution in [1.82, 2.24) is 0 Å². The van der Waals surface area contributed by atoms with E-state index in [1.165, 1.54) is 41.5 Å². The summed E-state index contributed by atoms with van der Waals surface area (Å²) < 4.78 is 1.25. The number of fused-ring (bicyclic) bond motifs is 2. The Bertz CT molecular complexity index is 405. The second kappa shape index (κ2) is 4.34. The maximum Gasteiger partial charge on any atom is 0.0513 e. The molecule has 0 spiro atoms. The number of benzene rings is 1. The normalized spacial score (nSPS) is 27.8. The highest BCUT2D eigenvalue weighted by atomic mass is 79.9. The number of anilines is 1. The fourth-order valence-corrected chi connectivity index (χ4v) is 4.09. The van der Waals surface area contributed by atoms with Crippen LogP contribution in [0, 0.1) is 5.92 Å². The van der Waals surface area contributed by atoms with E-state index in [-0.39, 0.29) is 0 Å². The first kappa shape index (κ1) is 11.1. The molecule has 1 aromatic carbocycles. The van der Waals surface area contributed by atoms with E-state index in [1.807, 2.05) is 0 Å². The summed E-state index contributed by atoms with van der Waals surface area (Å²) in [5.41, 5.74) is 2.72. The Kier molecular flexibility index (Phi) is 3.01. The van der Waals surface area contributed by atoms with Crippen LogP contribution in [0.2, 0.25) is 0 Å². The van der Waals surface area contributed by atoms with Gasteiger partial charge in [0.05, 0.1) is 5.69 Å². The van der Waals surface area contributed by atoms with Crippen molar-refractivity contribution >= 4 is 37.5 Å². The molecule has 2 bridgehead atoms. The third kappa shape index (κ3) is 1.82. The van der Waals surface area contributed by atoms with Crippen molar-refractivity contribution in [2.75, 3.05) is 11.4 Å². The van der Waals surface area contributed by atoms with Crippen LogP contribution in [0.3, 0.4) is 0 Å². The largest absolute Gasteiger partial charge is 0.367 e. The van der Waals surface area contributed by atoms with Gasteiger partial charge in [-0.05, 0) is 58.8 Å². The lowest BCUT2D eigenvalue weighted by Crippen LogP contribution is -2.32. The van der Waals surface area contributed by atoms with E-state index in [9.17, 15) is 0 Å². The van der Waals surface area contributed by atoms with Gasteiger partial charge in [0.1, 0.15) is 0 Å². The van der Waals surface area contributed by atoms with Gasteiger partial charge in [0, 0.05) is 22.4 Å². The van der Waals surface area contributed by atoms with Crippen LogP contribution in [0.15, 0.2) is 22.7 Å². The van der Waals surface area contributed by atoms with Crippen LogP contribution < -0.4 is 4.90 Å². The van der Waals surface area contributed by atoms with Crippen molar-refractivity contribution in [2.45, 2.75) is 30.6 Å². The fourth-order valence-electron chi connectivity index (χ4n) is 3.09. The Morgan fingerprint density at radius 2 is 2.19 bits per heavy atom. The molecule has 2 atom stereocenters. The second-order valence-corrected chi connectivity index (χ2v) is 6.32. The first-order valence-electron chi connectivity index (χ1n) is 5.89. The Morgan fingerprint density at radius 1 is 1.31 bits per heavy atom. The van der Waals surface area contributed by atoms with Gasteiger partial charge in [-0.25, -0.2) is 0 Å². The van der Waals surface area contributed by atoms with Gasteiger partial charge in [-0.3, -0.25) is 0 Å². The molecule has 0 radical (unpaired) electrons. The molecule has 0 N–H and O–H groups in total. The highest BCUT2D eigenvalue weighted by Gasteiger charge is 2.38. The molecule has 1 aromatic rings. The number of hydrogen-bond donors (Lipinski definition) is 0. The highest BCUT2D eigenvalue weighted by Crippen LogP contribution is 2.42. The van der Waals surface area contributed by atoms with E-state index in [0.29, 0.717) is 0 Å². The zero-order valence-electron chi connectivity index (χ0n) is 9.13. The van der Waals surface area contributed by atoms with Crippen LogP contribution in [0.5, 0.6) is 0 Å². The summed E-state index contributed by atoms with van der Waals surface area (Å²) in [6.45, 7) is 1.26. The summed E-state index contributed by atoms with van der Waals surface area (Å²) in [7, 11) is 0. The minimum Gasteiger partial charge on any atom is -0.367 e. The Balaban J connectivity index is 1.89. The zero-order valence-corrected chi connectivity index (χ0v) is 12.3.